The number of anilines is 2. The number of benzene rings is 2. The molecule has 1 aromatic heterocycles. The van der Waals surface area contributed by atoms with Crippen molar-refractivity contribution >= 4 is 29.3 Å². The topological polar surface area (TPSA) is 85.2 Å². The van der Waals surface area contributed by atoms with Crippen LogP contribution in [0, 0.1) is 0 Å². The van der Waals surface area contributed by atoms with Gasteiger partial charge in [0.05, 0.1) is 24.7 Å². The van der Waals surface area contributed by atoms with Gasteiger partial charge in [-0.2, -0.15) is 5.10 Å². The predicted molar refractivity (Wildman–Crippen MR) is 109 cm³/mol. The molecule has 0 saturated heterocycles. The van der Waals surface area contributed by atoms with Crippen LogP contribution in [0.1, 0.15) is 12.5 Å². The van der Waals surface area contributed by atoms with Gasteiger partial charge in [0.25, 0.3) is 0 Å². The Labute approximate surface area is 162 Å². The summed E-state index contributed by atoms with van der Waals surface area (Å²) in [5.74, 6) is -0.0312. The maximum atomic E-state index is 12.3. The predicted octanol–water partition coefficient (Wildman–Crippen LogP) is 3.49. The second-order valence-electron chi connectivity index (χ2n) is 5.97. The normalized spacial score (nSPS) is 10.6. The Balaban J connectivity index is 1.70. The van der Waals surface area contributed by atoms with E-state index in [1.54, 1.807) is 35.2 Å². The van der Waals surface area contributed by atoms with Crippen LogP contribution in [0.3, 0.4) is 0 Å². The van der Waals surface area contributed by atoms with Gasteiger partial charge in [0.1, 0.15) is 5.75 Å². The lowest BCUT2D eigenvalue weighted by atomic mass is 10.2. The number of aromatic nitrogens is 2. The van der Waals surface area contributed by atoms with Gasteiger partial charge >= 0.3 is 0 Å². The number of para-hydroxylation sites is 1. The average molecular weight is 376 g/mol. The first kappa shape index (κ1) is 18.9. The van der Waals surface area contributed by atoms with E-state index in [1.165, 1.54) is 20.1 Å². The van der Waals surface area contributed by atoms with Gasteiger partial charge in [-0.1, -0.05) is 18.2 Å². The van der Waals surface area contributed by atoms with E-state index in [-0.39, 0.29) is 11.8 Å². The molecule has 0 saturated carbocycles. The van der Waals surface area contributed by atoms with Gasteiger partial charge in [0, 0.05) is 30.4 Å². The van der Waals surface area contributed by atoms with E-state index in [1.807, 2.05) is 36.5 Å². The van der Waals surface area contributed by atoms with E-state index in [2.05, 4.69) is 15.7 Å². The minimum Gasteiger partial charge on any atom is -0.495 e. The summed E-state index contributed by atoms with van der Waals surface area (Å²) < 4.78 is 6.99. The summed E-state index contributed by atoms with van der Waals surface area (Å²) in [6.45, 7) is 1.42. The average Bonchev–Trinajstić information content (AvgIpc) is 3.16. The molecule has 2 amide bonds. The number of methoxy groups -OCH3 is 1. The SMILES string of the molecule is COc1ccc(NC(C)=O)cc1NC(=O)/C=C/c1cnn(-c2ccccc2)c1. The van der Waals surface area contributed by atoms with Gasteiger partial charge in [-0.15, -0.1) is 0 Å². The number of hydrogen-bond donors (Lipinski definition) is 2. The summed E-state index contributed by atoms with van der Waals surface area (Å²) in [5, 5.41) is 9.71. The van der Waals surface area contributed by atoms with Crippen molar-refractivity contribution in [2.75, 3.05) is 17.7 Å². The highest BCUT2D eigenvalue weighted by atomic mass is 16.5. The molecule has 0 radical (unpaired) electrons. The first-order valence-corrected chi connectivity index (χ1v) is 8.60. The number of amides is 2. The van der Waals surface area contributed by atoms with Crippen molar-refractivity contribution in [3.8, 4) is 11.4 Å². The molecular formula is C21H20N4O3. The fraction of sp³-hybridized carbons (Fsp3) is 0.0952. The molecule has 7 heteroatoms. The molecule has 142 valence electrons. The van der Waals surface area contributed by atoms with Crippen LogP contribution < -0.4 is 15.4 Å². The maximum absolute atomic E-state index is 12.3. The third kappa shape index (κ3) is 4.85. The first-order chi connectivity index (χ1) is 13.5. The molecule has 0 aliphatic rings. The number of nitrogens with one attached hydrogen (secondary N) is 2. The fourth-order valence-corrected chi connectivity index (χ4v) is 2.58. The van der Waals surface area contributed by atoms with E-state index in [0.717, 1.165) is 11.3 Å². The Kier molecular flexibility index (Phi) is 5.86. The highest BCUT2D eigenvalue weighted by Gasteiger charge is 2.08. The van der Waals surface area contributed by atoms with Gasteiger partial charge in [-0.3, -0.25) is 9.59 Å². The second kappa shape index (κ2) is 8.68. The van der Waals surface area contributed by atoms with Crippen LogP contribution in [0.5, 0.6) is 5.75 Å². The van der Waals surface area contributed by atoms with Crippen molar-refractivity contribution in [2.45, 2.75) is 6.92 Å². The molecule has 0 fully saturated rings. The van der Waals surface area contributed by atoms with Crippen LogP contribution in [-0.4, -0.2) is 28.7 Å². The van der Waals surface area contributed by atoms with E-state index in [4.69, 9.17) is 4.74 Å². The van der Waals surface area contributed by atoms with E-state index >= 15 is 0 Å². The van der Waals surface area contributed by atoms with Crippen LogP contribution in [0.4, 0.5) is 11.4 Å². The Bertz CT molecular complexity index is 1010. The van der Waals surface area contributed by atoms with Crippen molar-refractivity contribution in [3.05, 3.63) is 72.6 Å². The Hall–Kier alpha value is -3.87. The summed E-state index contributed by atoms with van der Waals surface area (Å²) >= 11 is 0. The molecule has 3 aromatic rings. The van der Waals surface area contributed by atoms with E-state index in [9.17, 15) is 9.59 Å². The highest BCUT2D eigenvalue weighted by molar-refractivity contribution is 6.03. The van der Waals surface area contributed by atoms with Crippen LogP contribution in [0.15, 0.2) is 67.0 Å². The lowest BCUT2D eigenvalue weighted by Gasteiger charge is -2.11. The van der Waals surface area contributed by atoms with Crippen LogP contribution >= 0.6 is 0 Å². The third-order valence-electron chi connectivity index (χ3n) is 3.83. The summed E-state index contributed by atoms with van der Waals surface area (Å²) in [5.41, 5.74) is 2.75. The zero-order valence-corrected chi connectivity index (χ0v) is 15.5. The first-order valence-electron chi connectivity index (χ1n) is 8.60. The highest BCUT2D eigenvalue weighted by Crippen LogP contribution is 2.28. The largest absolute Gasteiger partial charge is 0.495 e. The molecular weight excluding hydrogens is 356 g/mol. The fourth-order valence-electron chi connectivity index (χ4n) is 2.58. The van der Waals surface area contributed by atoms with Gasteiger partial charge in [0.15, 0.2) is 0 Å². The molecule has 0 aliphatic carbocycles. The van der Waals surface area contributed by atoms with Crippen LogP contribution in [-0.2, 0) is 9.59 Å². The summed E-state index contributed by atoms with van der Waals surface area (Å²) in [6.07, 6.45) is 6.59. The molecule has 0 unspecified atom stereocenters. The minimum atomic E-state index is -0.328. The molecule has 3 rings (SSSR count). The molecule has 0 spiro atoms. The zero-order valence-electron chi connectivity index (χ0n) is 15.5. The standard InChI is InChI=1S/C21H20N4O3/c1-15(26)23-17-9-10-20(28-2)19(12-17)24-21(27)11-8-16-13-22-25(14-16)18-6-4-3-5-7-18/h3-14H,1-2H3,(H,23,26)(H,24,27)/b11-8+. The van der Waals surface area contributed by atoms with Gasteiger partial charge in [-0.05, 0) is 36.4 Å². The lowest BCUT2D eigenvalue weighted by molar-refractivity contribution is -0.114. The van der Waals surface area contributed by atoms with Crippen molar-refractivity contribution in [3.63, 3.8) is 0 Å². The summed E-state index contributed by atoms with van der Waals surface area (Å²) in [4.78, 5) is 23.5. The third-order valence-corrected chi connectivity index (χ3v) is 3.83. The molecule has 0 aliphatic heterocycles. The maximum Gasteiger partial charge on any atom is 0.248 e. The van der Waals surface area contributed by atoms with Crippen molar-refractivity contribution < 1.29 is 14.3 Å². The lowest BCUT2D eigenvalue weighted by Crippen LogP contribution is -2.10. The Morgan fingerprint density at radius 2 is 1.89 bits per heavy atom. The van der Waals surface area contributed by atoms with Gasteiger partial charge in [-0.25, -0.2) is 4.68 Å². The minimum absolute atomic E-state index is 0.197. The van der Waals surface area contributed by atoms with Gasteiger partial charge in [0.2, 0.25) is 11.8 Å². The zero-order chi connectivity index (χ0) is 19.9. The summed E-state index contributed by atoms with van der Waals surface area (Å²) in [7, 11) is 1.51. The monoisotopic (exact) mass is 376 g/mol. The van der Waals surface area contributed by atoms with Crippen molar-refractivity contribution in [1.82, 2.24) is 9.78 Å². The Morgan fingerprint density at radius 3 is 2.61 bits per heavy atom. The quantitative estimate of drug-likeness (QED) is 0.645. The molecule has 7 nitrogen and oxygen atoms in total. The molecule has 2 aromatic carbocycles. The summed E-state index contributed by atoms with van der Waals surface area (Å²) in [6, 6.07) is 14.7. The number of ether oxygens (including phenoxy) is 1. The smallest absolute Gasteiger partial charge is 0.248 e. The molecule has 28 heavy (non-hydrogen) atoms. The second-order valence-corrected chi connectivity index (χ2v) is 5.97. The number of carbonyl (C=O) groups excluding carboxylic acids is 2. The van der Waals surface area contributed by atoms with Crippen molar-refractivity contribution in [1.29, 1.82) is 0 Å². The number of nitrogens with zero attached hydrogens (tertiary/aromatic N) is 2. The van der Waals surface area contributed by atoms with Crippen LogP contribution in [0.25, 0.3) is 11.8 Å². The molecule has 0 bridgehead atoms. The Morgan fingerprint density at radius 1 is 1.11 bits per heavy atom. The van der Waals surface area contributed by atoms with Crippen molar-refractivity contribution in [2.24, 2.45) is 0 Å². The van der Waals surface area contributed by atoms with E-state index < -0.39 is 0 Å². The van der Waals surface area contributed by atoms with Gasteiger partial charge < -0.3 is 15.4 Å². The number of rotatable bonds is 6. The number of carbonyl (C=O) groups is 2. The molecule has 0 atom stereocenters. The number of hydrogen-bond acceptors (Lipinski definition) is 4. The van der Waals surface area contributed by atoms with Crippen LogP contribution in [0.2, 0.25) is 0 Å². The van der Waals surface area contributed by atoms with E-state index in [0.29, 0.717) is 17.1 Å². The molecule has 2 N–H and O–H groups in total. The molecule has 1 heterocycles.